The Bertz CT molecular complexity index is 655. The minimum Gasteiger partial charge on any atom is -0.325 e. The van der Waals surface area contributed by atoms with Gasteiger partial charge in [0, 0.05) is 18.5 Å². The van der Waals surface area contributed by atoms with Crippen LogP contribution in [0, 0.1) is 0 Å². The number of nitrogens with one attached hydrogen (secondary N) is 1. The summed E-state index contributed by atoms with van der Waals surface area (Å²) in [7, 11) is -3.40. The molecule has 0 spiro atoms. The zero-order chi connectivity index (χ0) is 17.1. The zero-order valence-electron chi connectivity index (χ0n) is 13.0. The summed E-state index contributed by atoms with van der Waals surface area (Å²) in [4.78, 5) is 12.0. The Morgan fingerprint density at radius 2 is 1.86 bits per heavy atom. The fraction of sp³-hybridized carbons (Fsp3) is 0.500. The average Bonchev–Trinajstić information content (AvgIpc) is 2.31. The van der Waals surface area contributed by atoms with Gasteiger partial charge in [0.1, 0.15) is 0 Å². The summed E-state index contributed by atoms with van der Waals surface area (Å²) in [6, 6.07) is 4.91. The molecule has 8 heteroatoms. The van der Waals surface area contributed by atoms with Crippen molar-refractivity contribution in [1.82, 2.24) is 4.31 Å². The number of carbonyl (C=O) groups excluding carboxylic acids is 1. The van der Waals surface area contributed by atoms with Gasteiger partial charge in [-0.05, 0) is 32.9 Å². The van der Waals surface area contributed by atoms with E-state index in [-0.39, 0.29) is 23.9 Å². The first-order valence-electron chi connectivity index (χ1n) is 6.64. The molecule has 0 unspecified atom stereocenters. The fourth-order valence-electron chi connectivity index (χ4n) is 2.01. The molecule has 0 fully saturated rings. The smallest absolute Gasteiger partial charge is 0.225 e. The summed E-state index contributed by atoms with van der Waals surface area (Å²) in [5.74, 6) is -0.331. The summed E-state index contributed by atoms with van der Waals surface area (Å²) in [6.07, 6.45) is 1.15. The highest BCUT2D eigenvalue weighted by atomic mass is 35.5. The first kappa shape index (κ1) is 19.2. The summed E-state index contributed by atoms with van der Waals surface area (Å²) >= 11 is 11.9. The first-order valence-corrected chi connectivity index (χ1v) is 9.25. The van der Waals surface area contributed by atoms with Gasteiger partial charge in [-0.15, -0.1) is 0 Å². The lowest BCUT2D eigenvalue weighted by Gasteiger charge is -2.33. The molecular weight excluding hydrogens is 347 g/mol. The third-order valence-electron chi connectivity index (χ3n) is 2.92. The first-order chi connectivity index (χ1) is 9.93. The average molecular weight is 367 g/mol. The van der Waals surface area contributed by atoms with Crippen LogP contribution in [0.15, 0.2) is 18.2 Å². The van der Waals surface area contributed by atoms with Crippen LogP contribution in [-0.4, -0.2) is 37.0 Å². The third kappa shape index (κ3) is 5.43. The second-order valence-electron chi connectivity index (χ2n) is 5.91. The normalized spacial score (nSPS) is 12.5. The van der Waals surface area contributed by atoms with E-state index in [0.29, 0.717) is 10.7 Å². The lowest BCUT2D eigenvalue weighted by molar-refractivity contribution is -0.116. The quantitative estimate of drug-likeness (QED) is 0.868. The Morgan fingerprint density at radius 1 is 1.27 bits per heavy atom. The molecule has 124 valence electrons. The number of halogens is 2. The van der Waals surface area contributed by atoms with E-state index in [0.717, 1.165) is 6.26 Å². The van der Waals surface area contributed by atoms with E-state index < -0.39 is 15.6 Å². The number of nitrogens with zero attached hydrogens (tertiary/aromatic N) is 1. The molecule has 5 nitrogen and oxygen atoms in total. The van der Waals surface area contributed by atoms with E-state index in [9.17, 15) is 13.2 Å². The number of amides is 1. The Balaban J connectivity index is 2.75. The maximum atomic E-state index is 12.0. The third-order valence-corrected chi connectivity index (χ3v) is 5.27. The molecule has 1 N–H and O–H groups in total. The molecule has 0 aromatic heterocycles. The number of carbonyl (C=O) groups is 1. The lowest BCUT2D eigenvalue weighted by Crippen LogP contribution is -2.46. The molecule has 0 aliphatic heterocycles. The van der Waals surface area contributed by atoms with Crippen LogP contribution in [0.5, 0.6) is 0 Å². The minimum atomic E-state index is -3.40. The van der Waals surface area contributed by atoms with E-state index in [1.807, 2.05) is 0 Å². The highest BCUT2D eigenvalue weighted by molar-refractivity contribution is 7.88. The summed E-state index contributed by atoms with van der Waals surface area (Å²) in [5, 5.41) is 3.23. The van der Waals surface area contributed by atoms with Crippen molar-refractivity contribution >= 4 is 44.8 Å². The van der Waals surface area contributed by atoms with Gasteiger partial charge in [-0.2, -0.15) is 4.31 Å². The predicted molar refractivity (Wildman–Crippen MR) is 91.0 cm³/mol. The number of anilines is 1. The van der Waals surface area contributed by atoms with Gasteiger partial charge < -0.3 is 5.32 Å². The minimum absolute atomic E-state index is 0.0210. The zero-order valence-corrected chi connectivity index (χ0v) is 15.3. The van der Waals surface area contributed by atoms with Crippen molar-refractivity contribution in [2.24, 2.45) is 0 Å². The molecule has 1 amide bonds. The van der Waals surface area contributed by atoms with Crippen LogP contribution in [0.3, 0.4) is 0 Å². The van der Waals surface area contributed by atoms with Crippen molar-refractivity contribution in [3.05, 3.63) is 28.2 Å². The highest BCUT2D eigenvalue weighted by Crippen LogP contribution is 2.29. The van der Waals surface area contributed by atoms with Gasteiger partial charge in [-0.3, -0.25) is 4.79 Å². The molecule has 1 aromatic carbocycles. The van der Waals surface area contributed by atoms with Crippen LogP contribution in [-0.2, 0) is 14.8 Å². The van der Waals surface area contributed by atoms with Crippen LogP contribution >= 0.6 is 23.2 Å². The van der Waals surface area contributed by atoms with Crippen molar-refractivity contribution < 1.29 is 13.2 Å². The van der Waals surface area contributed by atoms with Crippen LogP contribution < -0.4 is 5.32 Å². The molecule has 0 bridgehead atoms. The van der Waals surface area contributed by atoms with E-state index in [2.05, 4.69) is 5.32 Å². The number of benzene rings is 1. The maximum Gasteiger partial charge on any atom is 0.225 e. The van der Waals surface area contributed by atoms with Gasteiger partial charge in [0.05, 0.1) is 22.0 Å². The van der Waals surface area contributed by atoms with Gasteiger partial charge >= 0.3 is 0 Å². The fourth-order valence-corrected chi connectivity index (χ4v) is 3.78. The van der Waals surface area contributed by atoms with Gasteiger partial charge in [0.15, 0.2) is 0 Å². The molecule has 0 saturated carbocycles. The molecule has 1 aromatic rings. The number of hydrogen-bond acceptors (Lipinski definition) is 3. The number of sulfonamides is 1. The summed E-state index contributed by atoms with van der Waals surface area (Å²) in [5.41, 5.74) is -0.192. The van der Waals surface area contributed by atoms with E-state index in [1.54, 1.807) is 39.0 Å². The standard InChI is InChI=1S/C14H20Cl2N2O3S/c1-14(2,3)18(22(4,20)21)9-8-12(19)17-11-7-5-6-10(15)13(11)16/h5-7H,8-9H2,1-4H3,(H,17,19). The van der Waals surface area contributed by atoms with Gasteiger partial charge in [-0.1, -0.05) is 29.3 Å². The Hall–Kier alpha value is -0.820. The molecule has 0 saturated heterocycles. The van der Waals surface area contributed by atoms with Crippen LogP contribution in [0.25, 0.3) is 0 Å². The Morgan fingerprint density at radius 3 is 2.36 bits per heavy atom. The molecular formula is C14H20Cl2N2O3S. The van der Waals surface area contributed by atoms with Crippen LogP contribution in [0.4, 0.5) is 5.69 Å². The second kappa shape index (κ2) is 7.17. The van der Waals surface area contributed by atoms with Crippen molar-refractivity contribution in [3.63, 3.8) is 0 Å². The van der Waals surface area contributed by atoms with Crippen molar-refractivity contribution in [1.29, 1.82) is 0 Å². The van der Waals surface area contributed by atoms with Gasteiger partial charge in [0.2, 0.25) is 15.9 Å². The molecule has 0 aliphatic carbocycles. The van der Waals surface area contributed by atoms with Crippen LogP contribution in [0.2, 0.25) is 10.0 Å². The van der Waals surface area contributed by atoms with E-state index >= 15 is 0 Å². The molecule has 0 radical (unpaired) electrons. The van der Waals surface area contributed by atoms with Gasteiger partial charge in [0.25, 0.3) is 0 Å². The number of rotatable bonds is 5. The van der Waals surface area contributed by atoms with Crippen molar-refractivity contribution in [2.75, 3.05) is 18.1 Å². The van der Waals surface area contributed by atoms with Crippen molar-refractivity contribution in [3.8, 4) is 0 Å². The topological polar surface area (TPSA) is 66.5 Å². The van der Waals surface area contributed by atoms with E-state index in [1.165, 1.54) is 4.31 Å². The molecule has 0 atom stereocenters. The predicted octanol–water partition coefficient (Wildman–Crippen LogP) is 3.38. The molecule has 22 heavy (non-hydrogen) atoms. The SMILES string of the molecule is CC(C)(C)N(CCC(=O)Nc1cccc(Cl)c1Cl)S(C)(=O)=O. The van der Waals surface area contributed by atoms with E-state index in [4.69, 9.17) is 23.2 Å². The maximum absolute atomic E-state index is 12.0. The molecule has 0 aliphatic rings. The largest absolute Gasteiger partial charge is 0.325 e. The second-order valence-corrected chi connectivity index (χ2v) is 8.60. The monoisotopic (exact) mass is 366 g/mol. The molecule has 0 heterocycles. The van der Waals surface area contributed by atoms with Crippen molar-refractivity contribution in [2.45, 2.75) is 32.7 Å². The number of hydrogen-bond donors (Lipinski definition) is 1. The highest BCUT2D eigenvalue weighted by Gasteiger charge is 2.29. The van der Waals surface area contributed by atoms with Crippen LogP contribution in [0.1, 0.15) is 27.2 Å². The summed E-state index contributed by atoms with van der Waals surface area (Å²) < 4.78 is 24.9. The lowest BCUT2D eigenvalue weighted by atomic mass is 10.1. The Labute approximate surface area is 141 Å². The van der Waals surface area contributed by atoms with Gasteiger partial charge in [-0.25, -0.2) is 8.42 Å². The summed E-state index contributed by atoms with van der Waals surface area (Å²) in [6.45, 7) is 5.42. The Kier molecular flexibility index (Phi) is 6.27. The molecule has 1 rings (SSSR count).